The number of rotatable bonds is 4. The average Bonchev–Trinajstić information content (AvgIpc) is 2.40. The Balaban J connectivity index is 2.35. The zero-order valence-corrected chi connectivity index (χ0v) is 11.7. The fraction of sp³-hybridized carbons (Fsp3) is 0.200. The SMILES string of the molecule is CCNCc1cccc(-c2cccc(Cl)c2Cl)c1. The van der Waals surface area contributed by atoms with Crippen LogP contribution in [0.4, 0.5) is 0 Å². The molecule has 18 heavy (non-hydrogen) atoms. The molecule has 0 atom stereocenters. The molecular weight excluding hydrogens is 265 g/mol. The van der Waals surface area contributed by atoms with Crippen LogP contribution in [0, 0.1) is 0 Å². The first kappa shape index (κ1) is 13.4. The quantitative estimate of drug-likeness (QED) is 0.850. The Morgan fingerprint density at radius 1 is 1.06 bits per heavy atom. The van der Waals surface area contributed by atoms with Gasteiger partial charge in [-0.1, -0.05) is 60.5 Å². The van der Waals surface area contributed by atoms with E-state index in [9.17, 15) is 0 Å². The van der Waals surface area contributed by atoms with Crippen LogP contribution >= 0.6 is 23.2 Å². The van der Waals surface area contributed by atoms with E-state index in [2.05, 4.69) is 24.4 Å². The summed E-state index contributed by atoms with van der Waals surface area (Å²) >= 11 is 12.3. The zero-order valence-electron chi connectivity index (χ0n) is 10.2. The molecule has 0 aliphatic rings. The highest BCUT2D eigenvalue weighted by Gasteiger charge is 2.06. The highest BCUT2D eigenvalue weighted by Crippen LogP contribution is 2.33. The predicted octanol–water partition coefficient (Wildman–Crippen LogP) is 4.77. The molecule has 2 aromatic rings. The van der Waals surface area contributed by atoms with Crippen LogP contribution in [0.15, 0.2) is 42.5 Å². The van der Waals surface area contributed by atoms with E-state index >= 15 is 0 Å². The van der Waals surface area contributed by atoms with Crippen LogP contribution in [0.1, 0.15) is 12.5 Å². The van der Waals surface area contributed by atoms with Gasteiger partial charge in [0, 0.05) is 12.1 Å². The normalized spacial score (nSPS) is 10.6. The smallest absolute Gasteiger partial charge is 0.0670 e. The molecule has 0 radical (unpaired) electrons. The van der Waals surface area contributed by atoms with Crippen molar-refractivity contribution in [3.8, 4) is 11.1 Å². The third-order valence-corrected chi connectivity index (χ3v) is 3.59. The van der Waals surface area contributed by atoms with Crippen LogP contribution in [0.3, 0.4) is 0 Å². The Morgan fingerprint density at radius 3 is 2.61 bits per heavy atom. The highest BCUT2D eigenvalue weighted by atomic mass is 35.5. The summed E-state index contributed by atoms with van der Waals surface area (Å²) in [6, 6.07) is 14.0. The van der Waals surface area contributed by atoms with Gasteiger partial charge in [0.15, 0.2) is 0 Å². The molecule has 0 saturated heterocycles. The molecule has 0 aliphatic carbocycles. The van der Waals surface area contributed by atoms with Gasteiger partial charge < -0.3 is 5.32 Å². The van der Waals surface area contributed by atoms with Gasteiger partial charge in [0.05, 0.1) is 10.0 Å². The summed E-state index contributed by atoms with van der Waals surface area (Å²) in [5.74, 6) is 0. The second kappa shape index (κ2) is 6.24. The fourth-order valence-corrected chi connectivity index (χ4v) is 2.25. The molecule has 0 saturated carbocycles. The summed E-state index contributed by atoms with van der Waals surface area (Å²) in [4.78, 5) is 0. The van der Waals surface area contributed by atoms with Crippen molar-refractivity contribution in [1.82, 2.24) is 5.32 Å². The molecule has 0 unspecified atom stereocenters. The summed E-state index contributed by atoms with van der Waals surface area (Å²) in [7, 11) is 0. The van der Waals surface area contributed by atoms with E-state index in [4.69, 9.17) is 23.2 Å². The number of nitrogens with one attached hydrogen (secondary N) is 1. The molecule has 0 spiro atoms. The molecule has 0 fully saturated rings. The van der Waals surface area contributed by atoms with E-state index in [1.54, 1.807) is 6.07 Å². The van der Waals surface area contributed by atoms with Crippen LogP contribution in [0.25, 0.3) is 11.1 Å². The Labute approximate surface area is 118 Å². The van der Waals surface area contributed by atoms with E-state index in [1.165, 1.54) is 5.56 Å². The summed E-state index contributed by atoms with van der Waals surface area (Å²) in [5.41, 5.74) is 3.31. The van der Waals surface area contributed by atoms with Crippen molar-refractivity contribution in [2.75, 3.05) is 6.54 Å². The molecule has 2 aromatic carbocycles. The predicted molar refractivity (Wildman–Crippen MR) is 79.3 cm³/mol. The molecule has 1 N–H and O–H groups in total. The van der Waals surface area contributed by atoms with Crippen LogP contribution < -0.4 is 5.32 Å². The minimum Gasteiger partial charge on any atom is -0.313 e. The van der Waals surface area contributed by atoms with Gasteiger partial charge in [-0.15, -0.1) is 0 Å². The van der Waals surface area contributed by atoms with Crippen LogP contribution in [-0.2, 0) is 6.54 Å². The standard InChI is InChI=1S/C15H15Cl2N/c1-2-18-10-11-5-3-6-12(9-11)13-7-4-8-14(16)15(13)17/h3-9,18H,2,10H2,1H3. The molecule has 0 bridgehead atoms. The Bertz CT molecular complexity index is 538. The minimum absolute atomic E-state index is 0.589. The maximum atomic E-state index is 6.24. The molecule has 0 heterocycles. The lowest BCUT2D eigenvalue weighted by molar-refractivity contribution is 0.727. The third-order valence-electron chi connectivity index (χ3n) is 2.77. The molecule has 0 aromatic heterocycles. The molecular formula is C15H15Cl2N. The first-order valence-corrected chi connectivity index (χ1v) is 6.72. The van der Waals surface area contributed by atoms with Gasteiger partial charge in [-0.05, 0) is 29.8 Å². The number of hydrogen-bond donors (Lipinski definition) is 1. The van der Waals surface area contributed by atoms with Crippen LogP contribution in [0.5, 0.6) is 0 Å². The third kappa shape index (κ3) is 3.05. The fourth-order valence-electron chi connectivity index (χ4n) is 1.84. The number of hydrogen-bond acceptors (Lipinski definition) is 1. The van der Waals surface area contributed by atoms with Gasteiger partial charge in [0.2, 0.25) is 0 Å². The number of benzene rings is 2. The highest BCUT2D eigenvalue weighted by molar-refractivity contribution is 6.43. The number of halogens is 2. The average molecular weight is 280 g/mol. The maximum Gasteiger partial charge on any atom is 0.0670 e. The van der Waals surface area contributed by atoms with Crippen LogP contribution in [0.2, 0.25) is 10.0 Å². The zero-order chi connectivity index (χ0) is 13.0. The Hall–Kier alpha value is -1.02. The van der Waals surface area contributed by atoms with Gasteiger partial charge in [0.25, 0.3) is 0 Å². The molecule has 3 heteroatoms. The van der Waals surface area contributed by atoms with E-state index < -0.39 is 0 Å². The van der Waals surface area contributed by atoms with Gasteiger partial charge in [-0.25, -0.2) is 0 Å². The second-order valence-corrected chi connectivity index (χ2v) is 4.87. The molecule has 0 amide bonds. The maximum absolute atomic E-state index is 6.24. The monoisotopic (exact) mass is 279 g/mol. The van der Waals surface area contributed by atoms with Gasteiger partial charge in [-0.2, -0.15) is 0 Å². The molecule has 0 aliphatic heterocycles. The van der Waals surface area contributed by atoms with Crippen molar-refractivity contribution >= 4 is 23.2 Å². The van der Waals surface area contributed by atoms with Crippen molar-refractivity contribution < 1.29 is 0 Å². The van der Waals surface area contributed by atoms with E-state index in [0.29, 0.717) is 10.0 Å². The van der Waals surface area contributed by atoms with Gasteiger partial charge in [0.1, 0.15) is 0 Å². The van der Waals surface area contributed by atoms with E-state index in [1.807, 2.05) is 24.3 Å². The summed E-state index contributed by atoms with van der Waals surface area (Å²) in [5, 5.41) is 4.51. The summed E-state index contributed by atoms with van der Waals surface area (Å²) in [6.07, 6.45) is 0. The Kier molecular flexibility index (Phi) is 4.65. The Morgan fingerprint density at radius 2 is 1.83 bits per heavy atom. The van der Waals surface area contributed by atoms with Crippen molar-refractivity contribution in [3.63, 3.8) is 0 Å². The van der Waals surface area contributed by atoms with Crippen molar-refractivity contribution in [3.05, 3.63) is 58.1 Å². The lowest BCUT2D eigenvalue weighted by Crippen LogP contribution is -2.11. The summed E-state index contributed by atoms with van der Waals surface area (Å²) in [6.45, 7) is 3.92. The summed E-state index contributed by atoms with van der Waals surface area (Å²) < 4.78 is 0. The van der Waals surface area contributed by atoms with Crippen molar-refractivity contribution in [2.24, 2.45) is 0 Å². The van der Waals surface area contributed by atoms with E-state index in [0.717, 1.165) is 24.2 Å². The van der Waals surface area contributed by atoms with Gasteiger partial charge in [-0.3, -0.25) is 0 Å². The molecule has 1 nitrogen and oxygen atoms in total. The molecule has 2 rings (SSSR count). The van der Waals surface area contributed by atoms with Crippen LogP contribution in [-0.4, -0.2) is 6.54 Å². The van der Waals surface area contributed by atoms with E-state index in [-0.39, 0.29) is 0 Å². The lowest BCUT2D eigenvalue weighted by atomic mass is 10.0. The lowest BCUT2D eigenvalue weighted by Gasteiger charge is -2.08. The van der Waals surface area contributed by atoms with Gasteiger partial charge >= 0.3 is 0 Å². The topological polar surface area (TPSA) is 12.0 Å². The van der Waals surface area contributed by atoms with Crippen molar-refractivity contribution in [2.45, 2.75) is 13.5 Å². The molecule has 94 valence electrons. The van der Waals surface area contributed by atoms with Crippen molar-refractivity contribution in [1.29, 1.82) is 0 Å². The second-order valence-electron chi connectivity index (χ2n) is 4.08. The minimum atomic E-state index is 0.589. The largest absolute Gasteiger partial charge is 0.313 e. The first-order valence-electron chi connectivity index (χ1n) is 5.96. The first-order chi connectivity index (χ1) is 8.72.